The predicted octanol–water partition coefficient (Wildman–Crippen LogP) is 4.84. The maximum atomic E-state index is 14.5. The molecular formula is C34H41N2O7Si. The minimum absolute atomic E-state index is 0.0672. The van der Waals surface area contributed by atoms with E-state index < -0.39 is 50.5 Å². The van der Waals surface area contributed by atoms with E-state index in [-0.39, 0.29) is 19.0 Å². The van der Waals surface area contributed by atoms with Gasteiger partial charge in [-0.25, -0.2) is 0 Å². The van der Waals surface area contributed by atoms with Crippen LogP contribution in [0.25, 0.3) is 0 Å². The number of aliphatic carboxylic acids is 1. The van der Waals surface area contributed by atoms with Crippen molar-refractivity contribution in [2.75, 3.05) is 13.7 Å². The Labute approximate surface area is 260 Å². The Kier molecular flexibility index (Phi) is 9.04. The third-order valence-corrected chi connectivity index (χ3v) is 11.4. The number of nitrogens with zero attached hydrogens (tertiary/aromatic N) is 2. The SMILES string of the molecule is C=CCN(Cc1ccccc1)C(=O)[C@H]1N(Cc2ccc(O[Si](C(C)C)C(C)C)c(OC)c2)C(=O)[C@@H]2[C@@H](C(=O)O)C3C=CC21O3. The lowest BCUT2D eigenvalue weighted by molar-refractivity contribution is -0.150. The molecule has 5 atom stereocenters. The normalized spacial score (nSPS) is 25.2. The fourth-order valence-electron chi connectivity index (χ4n) is 6.89. The second kappa shape index (κ2) is 12.6. The highest BCUT2D eigenvalue weighted by molar-refractivity contribution is 6.55. The number of fused-ring (bicyclic) bond motifs is 1. The molecule has 2 bridgehead atoms. The molecule has 1 spiro atoms. The molecular weight excluding hydrogens is 576 g/mol. The van der Waals surface area contributed by atoms with Crippen LogP contribution in [0.2, 0.25) is 11.1 Å². The summed E-state index contributed by atoms with van der Waals surface area (Å²) in [6.45, 7) is 13.1. The molecule has 3 heterocycles. The van der Waals surface area contributed by atoms with Crippen molar-refractivity contribution in [1.29, 1.82) is 0 Å². The number of carbonyl (C=O) groups is 3. The Morgan fingerprint density at radius 1 is 1.11 bits per heavy atom. The molecule has 233 valence electrons. The Morgan fingerprint density at radius 3 is 2.43 bits per heavy atom. The molecule has 5 rings (SSSR count). The van der Waals surface area contributed by atoms with Crippen LogP contribution < -0.4 is 9.16 Å². The maximum Gasteiger partial charge on any atom is 0.310 e. The summed E-state index contributed by atoms with van der Waals surface area (Å²) < 4.78 is 18.5. The number of hydrogen-bond donors (Lipinski definition) is 1. The molecule has 44 heavy (non-hydrogen) atoms. The van der Waals surface area contributed by atoms with E-state index in [1.54, 1.807) is 30.2 Å². The van der Waals surface area contributed by atoms with Crippen molar-refractivity contribution in [2.45, 2.75) is 69.6 Å². The highest BCUT2D eigenvalue weighted by Crippen LogP contribution is 2.55. The molecule has 3 aliphatic rings. The fraction of sp³-hybridized carbons (Fsp3) is 0.441. The van der Waals surface area contributed by atoms with Crippen LogP contribution in [0, 0.1) is 11.8 Å². The summed E-state index contributed by atoms with van der Waals surface area (Å²) >= 11 is 0. The molecule has 2 unspecified atom stereocenters. The number of benzene rings is 2. The molecule has 2 aromatic rings. The molecule has 2 fully saturated rings. The van der Waals surface area contributed by atoms with E-state index in [1.807, 2.05) is 48.5 Å². The van der Waals surface area contributed by atoms with Crippen LogP contribution in [0.1, 0.15) is 38.8 Å². The van der Waals surface area contributed by atoms with E-state index >= 15 is 0 Å². The highest BCUT2D eigenvalue weighted by Gasteiger charge is 2.73. The fourth-order valence-corrected chi connectivity index (χ4v) is 9.11. The first-order chi connectivity index (χ1) is 21.0. The monoisotopic (exact) mass is 617 g/mol. The molecule has 2 amide bonds. The number of ether oxygens (including phenoxy) is 2. The van der Waals surface area contributed by atoms with Gasteiger partial charge < -0.3 is 28.8 Å². The number of carboxylic acid groups (broad SMARTS) is 1. The van der Waals surface area contributed by atoms with Gasteiger partial charge in [0.25, 0.3) is 9.04 Å². The Balaban J connectivity index is 1.51. The van der Waals surface area contributed by atoms with Gasteiger partial charge in [-0.05, 0) is 34.3 Å². The van der Waals surface area contributed by atoms with E-state index in [9.17, 15) is 19.5 Å². The van der Waals surface area contributed by atoms with Crippen molar-refractivity contribution in [3.63, 3.8) is 0 Å². The molecule has 9 nitrogen and oxygen atoms in total. The van der Waals surface area contributed by atoms with Crippen molar-refractivity contribution in [2.24, 2.45) is 11.8 Å². The van der Waals surface area contributed by atoms with Gasteiger partial charge in [-0.15, -0.1) is 6.58 Å². The maximum absolute atomic E-state index is 14.5. The number of likely N-dealkylation sites (tertiary alicyclic amines) is 1. The van der Waals surface area contributed by atoms with Crippen LogP contribution in [0.4, 0.5) is 0 Å². The van der Waals surface area contributed by atoms with Crippen molar-refractivity contribution < 1.29 is 33.4 Å². The zero-order valence-electron chi connectivity index (χ0n) is 25.9. The first-order valence-corrected chi connectivity index (χ1v) is 16.6. The lowest BCUT2D eigenvalue weighted by atomic mass is 9.74. The zero-order chi connectivity index (χ0) is 31.8. The van der Waals surface area contributed by atoms with Crippen molar-refractivity contribution in [3.05, 3.63) is 84.5 Å². The predicted molar refractivity (Wildman–Crippen MR) is 167 cm³/mol. The second-order valence-corrected chi connectivity index (χ2v) is 15.6. The molecule has 10 heteroatoms. The number of carboxylic acids is 1. The minimum Gasteiger partial charge on any atom is -0.539 e. The number of amides is 2. The average Bonchev–Trinajstić information content (AvgIpc) is 3.63. The topological polar surface area (TPSA) is 106 Å². The summed E-state index contributed by atoms with van der Waals surface area (Å²) in [5, 5.41) is 10.1. The van der Waals surface area contributed by atoms with Crippen molar-refractivity contribution in [3.8, 4) is 11.5 Å². The molecule has 0 aliphatic carbocycles. The van der Waals surface area contributed by atoms with Crippen LogP contribution in [0.5, 0.6) is 11.5 Å². The molecule has 2 aromatic carbocycles. The van der Waals surface area contributed by atoms with Gasteiger partial charge in [0.2, 0.25) is 11.8 Å². The Hall–Kier alpha value is -3.89. The Bertz CT molecular complexity index is 1440. The molecule has 2 saturated heterocycles. The summed E-state index contributed by atoms with van der Waals surface area (Å²) in [4.78, 5) is 44.2. The molecule has 0 aromatic heterocycles. The highest BCUT2D eigenvalue weighted by atomic mass is 28.3. The summed E-state index contributed by atoms with van der Waals surface area (Å²) in [6.07, 6.45) is 4.29. The van der Waals surface area contributed by atoms with Gasteiger partial charge in [-0.1, -0.05) is 82.3 Å². The van der Waals surface area contributed by atoms with Crippen LogP contribution in [-0.4, -0.2) is 73.1 Å². The zero-order valence-corrected chi connectivity index (χ0v) is 26.9. The minimum atomic E-state index is -1.38. The first-order valence-electron chi connectivity index (χ1n) is 15.1. The van der Waals surface area contributed by atoms with Gasteiger partial charge in [0, 0.05) is 19.6 Å². The standard InChI is InChI=1S/C34H41N2O7Si/c1-7-17-35(19-23-11-9-8-10-12-23)32(38)30-34-16-15-26(42-34)28(33(39)40)29(34)31(37)36(30)20-24-13-14-25(27(18-24)41-6)43-44(21(2)3)22(4)5/h7-16,18,21-22,26,28-30H,1,17,19-20H2,2-6H3,(H,39,40)/t26?,28-,29-,30+,34?/m0/s1. The molecule has 1 radical (unpaired) electrons. The Morgan fingerprint density at radius 2 is 1.82 bits per heavy atom. The first kappa shape index (κ1) is 31.5. The summed E-state index contributed by atoms with van der Waals surface area (Å²) in [6, 6.07) is 14.1. The second-order valence-electron chi connectivity index (χ2n) is 12.3. The molecule has 3 aliphatic heterocycles. The van der Waals surface area contributed by atoms with Gasteiger partial charge in [-0.3, -0.25) is 14.4 Å². The average molecular weight is 618 g/mol. The smallest absolute Gasteiger partial charge is 0.310 e. The number of methoxy groups -OCH3 is 1. The summed E-state index contributed by atoms with van der Waals surface area (Å²) in [5.74, 6) is -2.77. The van der Waals surface area contributed by atoms with E-state index in [4.69, 9.17) is 13.9 Å². The van der Waals surface area contributed by atoms with Crippen LogP contribution in [0.3, 0.4) is 0 Å². The largest absolute Gasteiger partial charge is 0.539 e. The third-order valence-electron chi connectivity index (χ3n) is 8.72. The van der Waals surface area contributed by atoms with Gasteiger partial charge >= 0.3 is 5.97 Å². The van der Waals surface area contributed by atoms with Crippen LogP contribution in [-0.2, 0) is 32.2 Å². The van der Waals surface area contributed by atoms with E-state index in [0.29, 0.717) is 29.1 Å². The summed E-state index contributed by atoms with van der Waals surface area (Å²) in [5.41, 5.74) is 1.04. The van der Waals surface area contributed by atoms with Crippen LogP contribution in [0.15, 0.2) is 73.3 Å². The lowest BCUT2D eigenvalue weighted by Gasteiger charge is -2.36. The molecule has 1 N–H and O–H groups in total. The van der Waals surface area contributed by atoms with E-state index in [0.717, 1.165) is 11.1 Å². The van der Waals surface area contributed by atoms with Gasteiger partial charge in [-0.2, -0.15) is 0 Å². The van der Waals surface area contributed by atoms with E-state index in [2.05, 4.69) is 34.3 Å². The van der Waals surface area contributed by atoms with Gasteiger partial charge in [0.15, 0.2) is 5.75 Å². The summed E-state index contributed by atoms with van der Waals surface area (Å²) in [7, 11) is 0.395. The van der Waals surface area contributed by atoms with Gasteiger partial charge in [0.05, 0.1) is 19.1 Å². The molecule has 0 saturated carbocycles. The van der Waals surface area contributed by atoms with Crippen molar-refractivity contribution in [1.82, 2.24) is 9.80 Å². The quantitative estimate of drug-likeness (QED) is 0.253. The van der Waals surface area contributed by atoms with E-state index in [1.165, 1.54) is 4.90 Å². The number of carbonyl (C=O) groups excluding carboxylic acids is 2. The lowest BCUT2D eigenvalue weighted by Crippen LogP contribution is -2.55. The van der Waals surface area contributed by atoms with Gasteiger partial charge in [0.1, 0.15) is 23.3 Å². The number of rotatable bonds is 13. The van der Waals surface area contributed by atoms with Crippen molar-refractivity contribution >= 4 is 26.8 Å². The van der Waals surface area contributed by atoms with Crippen LogP contribution >= 0.6 is 0 Å². The third kappa shape index (κ3) is 5.56. The number of hydrogen-bond acceptors (Lipinski definition) is 6.